The zero-order valence-corrected chi connectivity index (χ0v) is 33.7. The summed E-state index contributed by atoms with van der Waals surface area (Å²) in [4.78, 5) is 2.72. The van der Waals surface area contributed by atoms with Crippen LogP contribution in [0.2, 0.25) is 0 Å². The van der Waals surface area contributed by atoms with Gasteiger partial charge >= 0.3 is 6.85 Å². The lowest BCUT2D eigenvalue weighted by Gasteiger charge is -2.49. The summed E-state index contributed by atoms with van der Waals surface area (Å²) in [6.45, 7) is 4.90. The van der Waals surface area contributed by atoms with Gasteiger partial charge in [-0.25, -0.2) is 0 Å². The first kappa shape index (κ1) is 31.2. The van der Waals surface area contributed by atoms with Crippen molar-refractivity contribution in [1.82, 2.24) is 4.48 Å². The molecule has 272 valence electrons. The fourth-order valence-electron chi connectivity index (χ4n) is 13.1. The predicted molar refractivity (Wildman–Crippen MR) is 251 cm³/mol. The third-order valence-corrected chi connectivity index (χ3v) is 20.0. The summed E-state index contributed by atoms with van der Waals surface area (Å²) < 4.78 is 2.76. The van der Waals surface area contributed by atoms with E-state index in [-0.39, 0.29) is 12.3 Å². The Morgan fingerprint density at radius 1 is 0.508 bits per heavy atom. The minimum atomic E-state index is -2.78. The summed E-state index contributed by atoms with van der Waals surface area (Å²) in [6.07, 6.45) is 0. The number of hydrogen-bond donors (Lipinski definition) is 0. The largest absolute Gasteiger partial charge is 0.375 e. The van der Waals surface area contributed by atoms with Crippen molar-refractivity contribution >= 4 is 96.2 Å². The van der Waals surface area contributed by atoms with Crippen LogP contribution in [0.25, 0.3) is 66.0 Å². The Balaban J connectivity index is 1.18. The van der Waals surface area contributed by atoms with Crippen molar-refractivity contribution in [2.75, 3.05) is 4.90 Å². The van der Waals surface area contributed by atoms with Crippen LogP contribution in [0.15, 0.2) is 176 Å². The van der Waals surface area contributed by atoms with Gasteiger partial charge in [-0.3, -0.25) is 0 Å². The topological polar surface area (TPSA) is 8.17 Å². The first-order valence-corrected chi connectivity index (χ1v) is 23.1. The van der Waals surface area contributed by atoms with Crippen molar-refractivity contribution in [2.24, 2.45) is 0 Å². The molecule has 4 aliphatic heterocycles. The molecule has 59 heavy (non-hydrogen) atoms. The van der Waals surface area contributed by atoms with Gasteiger partial charge in [-0.15, -0.1) is 0 Å². The van der Waals surface area contributed by atoms with Gasteiger partial charge in [-0.2, -0.15) is 0 Å². The maximum absolute atomic E-state index is 2.78. The molecule has 0 saturated carbocycles. The lowest BCUT2D eigenvalue weighted by atomic mass is 9.44. The molecule has 9 aromatic carbocycles. The highest BCUT2D eigenvalue weighted by Gasteiger charge is 2.57. The number of fused-ring (bicyclic) bond motifs is 22. The summed E-state index contributed by atoms with van der Waals surface area (Å²) in [7, 11) is -2.78. The van der Waals surface area contributed by atoms with Crippen molar-refractivity contribution in [2.45, 2.75) is 19.3 Å². The van der Waals surface area contributed by atoms with Gasteiger partial charge in [0.25, 0.3) is 0 Å². The zero-order valence-electron chi connectivity index (χ0n) is 32.7. The molecule has 5 aliphatic rings. The van der Waals surface area contributed by atoms with Crippen molar-refractivity contribution in [3.63, 3.8) is 0 Å². The average Bonchev–Trinajstić information content (AvgIpc) is 3.86. The smallest absolute Gasteiger partial charge is 0.333 e. The molecule has 0 atom stereocenters. The normalized spacial score (nSPS) is 15.8. The van der Waals surface area contributed by atoms with Gasteiger partial charge in [0.2, 0.25) is 0 Å². The molecule has 0 unspecified atom stereocenters. The lowest BCUT2D eigenvalue weighted by molar-refractivity contribution is 0.662. The van der Waals surface area contributed by atoms with E-state index in [0.717, 1.165) is 0 Å². The maximum Gasteiger partial charge on any atom is 0.333 e. The quantitative estimate of drug-likeness (QED) is 0.140. The second-order valence-corrected chi connectivity index (χ2v) is 21.5. The Morgan fingerprint density at radius 2 is 1.15 bits per heavy atom. The average molecular weight is 763 g/mol. The van der Waals surface area contributed by atoms with E-state index in [4.69, 9.17) is 0 Å². The molecule has 5 heterocycles. The molecule has 2 nitrogen and oxygen atoms in total. The van der Waals surface area contributed by atoms with Crippen LogP contribution in [0.4, 0.5) is 17.1 Å². The number of nitrogens with zero attached hydrogens (tertiary/aromatic N) is 2. The van der Waals surface area contributed by atoms with Gasteiger partial charge < -0.3 is 9.38 Å². The lowest BCUT2D eigenvalue weighted by Crippen LogP contribution is -2.77. The van der Waals surface area contributed by atoms with E-state index in [1.807, 2.05) is 0 Å². The van der Waals surface area contributed by atoms with E-state index < -0.39 is 8.07 Å². The van der Waals surface area contributed by atoms with Crippen LogP contribution < -0.4 is 36.6 Å². The van der Waals surface area contributed by atoms with Crippen molar-refractivity contribution in [3.8, 4) is 33.4 Å². The molecule has 0 bridgehead atoms. The Kier molecular flexibility index (Phi) is 5.39. The Bertz CT molecular complexity index is 3580. The number of aromatic nitrogens is 1. The van der Waals surface area contributed by atoms with Crippen LogP contribution in [0.1, 0.15) is 25.0 Å². The predicted octanol–water partition coefficient (Wildman–Crippen LogP) is 9.34. The van der Waals surface area contributed by atoms with Gasteiger partial charge in [-0.05, 0) is 99.6 Å². The molecule has 15 rings (SSSR count). The van der Waals surface area contributed by atoms with Crippen molar-refractivity contribution in [3.05, 3.63) is 187 Å². The van der Waals surface area contributed by atoms with E-state index in [1.54, 1.807) is 0 Å². The monoisotopic (exact) mass is 762 g/mol. The number of anilines is 3. The summed E-state index contributed by atoms with van der Waals surface area (Å²) >= 11 is 0. The van der Waals surface area contributed by atoms with Crippen LogP contribution in [0, 0.1) is 0 Å². The molecule has 0 N–H and O–H groups in total. The SMILES string of the molecule is CC1(C)c2ccccc2-c2cc3c4c(c21)-c1cccc2c5c6ccccc6ccc5n(c12)B4c1cccc2c1N3c1ccccc1[Si]21c2ccccc2-c2ccccc21. The fraction of sp³-hybridized carbons (Fsp3) is 0.0545. The van der Waals surface area contributed by atoms with Gasteiger partial charge in [0.15, 0.2) is 8.07 Å². The standard InChI is InChI=1S/C55H35BN2Si/c1-55(2)40-22-8-5-17-34(40)39-31-44-52-50(51(39)55)38-21-13-20-37-49-33-16-4-3-15-32(33)29-30-43(49)58(53(37)38)56(52)41-23-14-28-48-54(41)57(44)42-24-9-12-27-47(42)59(48)45-25-10-6-18-35(45)36-19-7-11-26-46(36)59/h3-31H,1-2H3. The molecule has 4 heteroatoms. The van der Waals surface area contributed by atoms with Gasteiger partial charge in [0, 0.05) is 49.8 Å². The minimum absolute atomic E-state index is 0.0183. The van der Waals surface area contributed by atoms with Crippen LogP contribution in [-0.4, -0.2) is 19.4 Å². The Morgan fingerprint density at radius 3 is 1.98 bits per heavy atom. The van der Waals surface area contributed by atoms with Crippen LogP contribution >= 0.6 is 0 Å². The highest BCUT2D eigenvalue weighted by molar-refractivity contribution is 7.24. The molecule has 0 saturated heterocycles. The maximum atomic E-state index is 2.76. The first-order valence-electron chi connectivity index (χ1n) is 21.1. The summed E-state index contributed by atoms with van der Waals surface area (Å²) in [5.74, 6) is 0. The number of rotatable bonds is 0. The molecule has 0 radical (unpaired) electrons. The fourth-order valence-corrected chi connectivity index (χ4v) is 18.7. The van der Waals surface area contributed by atoms with E-state index in [9.17, 15) is 0 Å². The highest BCUT2D eigenvalue weighted by atomic mass is 28.3. The second kappa shape index (κ2) is 10.2. The number of para-hydroxylation sites is 3. The molecule has 0 amide bonds. The second-order valence-electron chi connectivity index (χ2n) is 17.9. The summed E-state index contributed by atoms with van der Waals surface area (Å²) in [5.41, 5.74) is 20.5. The van der Waals surface area contributed by atoms with Crippen LogP contribution in [-0.2, 0) is 5.41 Å². The number of hydrogen-bond acceptors (Lipinski definition) is 1. The molecule has 1 aromatic heterocycles. The van der Waals surface area contributed by atoms with Crippen LogP contribution in [0.5, 0.6) is 0 Å². The zero-order chi connectivity index (χ0) is 38.5. The van der Waals surface area contributed by atoms with E-state index in [2.05, 4.69) is 199 Å². The Hall–Kier alpha value is -6.88. The number of benzene rings is 9. The van der Waals surface area contributed by atoms with E-state index in [0.29, 0.717) is 0 Å². The molecule has 1 spiro atoms. The molecular weight excluding hydrogens is 728 g/mol. The van der Waals surface area contributed by atoms with Gasteiger partial charge in [-0.1, -0.05) is 172 Å². The van der Waals surface area contributed by atoms with E-state index in [1.165, 1.54) is 126 Å². The Labute approximate surface area is 343 Å². The summed E-state index contributed by atoms with van der Waals surface area (Å²) in [6, 6.07) is 68.2. The minimum Gasteiger partial charge on any atom is -0.375 e. The van der Waals surface area contributed by atoms with Crippen LogP contribution in [0.3, 0.4) is 0 Å². The van der Waals surface area contributed by atoms with E-state index >= 15 is 0 Å². The molecule has 10 aromatic rings. The third-order valence-electron chi connectivity index (χ3n) is 15.1. The molecular formula is C55H35BN2Si. The highest BCUT2D eigenvalue weighted by Crippen LogP contribution is 2.57. The summed E-state index contributed by atoms with van der Waals surface area (Å²) in [5, 5.41) is 11.3. The molecule has 1 aliphatic carbocycles. The van der Waals surface area contributed by atoms with Crippen molar-refractivity contribution < 1.29 is 0 Å². The first-order chi connectivity index (χ1) is 29.1. The van der Waals surface area contributed by atoms with Crippen molar-refractivity contribution in [1.29, 1.82) is 0 Å². The molecule has 0 fully saturated rings. The van der Waals surface area contributed by atoms with Gasteiger partial charge in [0.1, 0.15) is 0 Å². The third kappa shape index (κ3) is 3.31. The van der Waals surface area contributed by atoms with Gasteiger partial charge in [0.05, 0.1) is 0 Å².